The summed E-state index contributed by atoms with van der Waals surface area (Å²) in [5, 5.41) is 57.2. The molecule has 0 unspecified atom stereocenters. The van der Waals surface area contributed by atoms with E-state index in [1.165, 1.54) is 39.2 Å². The predicted octanol–water partition coefficient (Wildman–Crippen LogP) is 5.16. The second-order valence-electron chi connectivity index (χ2n) is 26.9. The number of esters is 1. The number of piperidine rings is 2. The Bertz CT molecular complexity index is 3490. The summed E-state index contributed by atoms with van der Waals surface area (Å²) in [6.45, 7) is 10.9. The van der Waals surface area contributed by atoms with E-state index in [0.717, 1.165) is 156 Å². The fraction of sp³-hybridized carbons (Fsp3) is 0.652. The quantitative estimate of drug-likeness (QED) is 0.0175. The highest BCUT2D eigenvalue weighted by Crippen LogP contribution is 2.32. The summed E-state index contributed by atoms with van der Waals surface area (Å²) in [6, 6.07) is 11.1. The molecule has 4 aliphatic rings. The van der Waals surface area contributed by atoms with Gasteiger partial charge in [0, 0.05) is 87.0 Å². The molecule has 2 saturated heterocycles. The maximum atomic E-state index is 13.0. The van der Waals surface area contributed by atoms with Gasteiger partial charge < -0.3 is 83.1 Å². The summed E-state index contributed by atoms with van der Waals surface area (Å²) >= 11 is 0. The van der Waals surface area contributed by atoms with E-state index < -0.39 is 24.0 Å². The van der Waals surface area contributed by atoms with E-state index in [4.69, 9.17) is 45.6 Å². The number of nitrogens with two attached hydrogens (primary N) is 2. The fourth-order valence-electron chi connectivity index (χ4n) is 13.5. The Morgan fingerprint density at radius 2 is 1.05 bits per heavy atom. The van der Waals surface area contributed by atoms with E-state index in [1.807, 2.05) is 63.1 Å². The van der Waals surface area contributed by atoms with Gasteiger partial charge in [-0.3, -0.25) is 28.5 Å². The third-order valence-corrected chi connectivity index (χ3v) is 19.5. The average molecular weight is 1370 g/mol. The van der Waals surface area contributed by atoms with Crippen molar-refractivity contribution in [2.45, 2.75) is 197 Å². The average Bonchev–Trinajstić information content (AvgIpc) is 1.10. The van der Waals surface area contributed by atoms with Crippen LogP contribution in [0.1, 0.15) is 146 Å². The molecule has 0 bridgehead atoms. The van der Waals surface area contributed by atoms with Crippen LogP contribution in [0.25, 0.3) is 21.8 Å². The summed E-state index contributed by atoms with van der Waals surface area (Å²) in [5.74, 6) is 2.46. The highest BCUT2D eigenvalue weighted by Gasteiger charge is 2.28. The van der Waals surface area contributed by atoms with Gasteiger partial charge in [0.15, 0.2) is 0 Å². The van der Waals surface area contributed by atoms with Crippen molar-refractivity contribution in [2.24, 2.45) is 17.4 Å². The first-order valence-electron chi connectivity index (χ1n) is 36.2. The number of likely N-dealkylation sites (tertiary alicyclic amines) is 2. The number of hydrogen-bond donors (Lipinski definition) is 11. The molecule has 2 atom stereocenters. The van der Waals surface area contributed by atoms with Crippen molar-refractivity contribution in [3.8, 4) is 11.5 Å². The number of ether oxygens (including phenoxy) is 3. The molecule has 2 aromatic carbocycles. The van der Waals surface area contributed by atoms with Crippen LogP contribution in [0.3, 0.4) is 0 Å². The molecule has 30 nitrogen and oxygen atoms in total. The lowest BCUT2D eigenvalue weighted by Crippen LogP contribution is -2.43. The summed E-state index contributed by atoms with van der Waals surface area (Å²) in [4.78, 5) is 72.1. The van der Waals surface area contributed by atoms with E-state index in [9.17, 15) is 24.3 Å². The molecule has 2 aliphatic carbocycles. The molecule has 4 fully saturated rings. The normalized spacial score (nSPS) is 17.9. The molecule has 13 N–H and O–H groups in total. The zero-order chi connectivity index (χ0) is 69.1. The number of rotatable bonds is 40. The molecule has 2 aliphatic heterocycles. The molecule has 4 aromatic heterocycles. The van der Waals surface area contributed by atoms with Gasteiger partial charge in [0.2, 0.25) is 23.7 Å². The minimum Gasteiger partial charge on any atom is -0.497 e. The Labute approximate surface area is 580 Å². The number of aromatic nitrogens is 10. The number of carboxylic acids is 1. The van der Waals surface area contributed by atoms with Crippen LogP contribution < -0.4 is 63.5 Å². The van der Waals surface area contributed by atoms with Gasteiger partial charge in [-0.25, -0.2) is 9.97 Å². The smallest absolute Gasteiger partial charge is 0.322 e. The van der Waals surface area contributed by atoms with E-state index in [-0.39, 0.29) is 49.6 Å². The van der Waals surface area contributed by atoms with Gasteiger partial charge >= 0.3 is 11.9 Å². The zero-order valence-corrected chi connectivity index (χ0v) is 57.9. The summed E-state index contributed by atoms with van der Waals surface area (Å²) in [7, 11) is 2.92. The number of benzene rings is 2. The number of amides is 2. The number of carbonyl (C=O) groups excluding carboxylic acids is 3. The number of carbonyl (C=O) groups is 4. The topological polar surface area (TPSA) is 384 Å². The minimum atomic E-state index is -1.10. The van der Waals surface area contributed by atoms with Crippen LogP contribution in [0.4, 0.5) is 23.5 Å². The Morgan fingerprint density at radius 3 is 1.56 bits per heavy atom. The predicted molar refractivity (Wildman–Crippen MR) is 379 cm³/mol. The monoisotopic (exact) mass is 1370 g/mol. The van der Waals surface area contributed by atoms with Gasteiger partial charge in [-0.15, -0.1) is 10.2 Å². The van der Waals surface area contributed by atoms with Crippen LogP contribution in [-0.2, 0) is 50.1 Å². The molecule has 30 heteroatoms. The second-order valence-corrected chi connectivity index (χ2v) is 26.9. The molecule has 0 spiro atoms. The van der Waals surface area contributed by atoms with Crippen molar-refractivity contribution in [3.63, 3.8) is 0 Å². The van der Waals surface area contributed by atoms with Crippen molar-refractivity contribution < 1.29 is 38.5 Å². The number of aryl methyl sites for hydroxylation is 2. The van der Waals surface area contributed by atoms with Gasteiger partial charge in [0.25, 0.3) is 0 Å². The number of anilines is 4. The number of nitrogens with zero attached hydrogens (tertiary/aromatic N) is 12. The van der Waals surface area contributed by atoms with Crippen molar-refractivity contribution in [1.29, 1.82) is 0 Å². The highest BCUT2D eigenvalue weighted by molar-refractivity contribution is 5.92. The highest BCUT2D eigenvalue weighted by atomic mass is 16.5. The molecule has 6 heterocycles. The van der Waals surface area contributed by atoms with Gasteiger partial charge in [-0.05, 0) is 184 Å². The Balaban J connectivity index is 0.615. The fourth-order valence-corrected chi connectivity index (χ4v) is 13.5. The maximum absolute atomic E-state index is 13.0. The van der Waals surface area contributed by atoms with Gasteiger partial charge in [0.05, 0.1) is 57.3 Å². The molecule has 540 valence electrons. The molecule has 2 amide bonds. The third kappa shape index (κ3) is 23.2. The van der Waals surface area contributed by atoms with Crippen LogP contribution in [0.15, 0.2) is 48.8 Å². The third-order valence-electron chi connectivity index (χ3n) is 19.5. The lowest BCUT2D eigenvalue weighted by Gasteiger charge is -2.33. The number of hydrogen-bond acceptors (Lipinski definition) is 25. The lowest BCUT2D eigenvalue weighted by molar-refractivity contribution is -0.143. The Morgan fingerprint density at radius 1 is 0.566 bits per heavy atom. The lowest BCUT2D eigenvalue weighted by atomic mass is 9.86. The molecule has 10 rings (SSSR count). The van der Waals surface area contributed by atoms with E-state index in [2.05, 4.69) is 63.2 Å². The van der Waals surface area contributed by atoms with Crippen molar-refractivity contribution in [3.05, 3.63) is 60.2 Å². The van der Waals surface area contributed by atoms with Gasteiger partial charge in [0.1, 0.15) is 46.6 Å². The summed E-state index contributed by atoms with van der Waals surface area (Å²) < 4.78 is 20.5. The molecule has 6 aromatic rings. The molecule has 0 radical (unpaired) electrons. The largest absolute Gasteiger partial charge is 0.497 e. The Hall–Kier alpha value is -8.16. The number of methoxy groups -OCH3 is 2. The number of carboxylic acid groups (broad SMARTS) is 1. The SMILES string of the molecule is COC(=O)[C@@H](N)CCC(=O)N1CCC(Nc2nc(NCc3cn(CCCNCCCNC4CCC(COc5ccc6nc(NCc7cn(CCCNCCCNC8CCCCC8)nn7)nc(NC7CCN(C(=O)CC[C@H](N)C(=O)O)CC7)c6c5)CC4)nn3)nc3ccc(OC)cc23)CC1. The first-order valence-corrected chi connectivity index (χ1v) is 36.2. The molecule has 2 saturated carbocycles. The molecular weight excluding hydrogens is 1260 g/mol. The zero-order valence-electron chi connectivity index (χ0n) is 57.9. The number of nitrogens with one attached hydrogen (secondary N) is 8. The van der Waals surface area contributed by atoms with Crippen molar-refractivity contribution in [1.82, 2.24) is 81.0 Å². The summed E-state index contributed by atoms with van der Waals surface area (Å²) in [5.41, 5.74) is 14.6. The van der Waals surface area contributed by atoms with Crippen LogP contribution in [0.2, 0.25) is 0 Å². The minimum absolute atomic E-state index is 0.0242. The van der Waals surface area contributed by atoms with Crippen LogP contribution in [-0.4, -0.2) is 211 Å². The first-order chi connectivity index (χ1) is 48.3. The van der Waals surface area contributed by atoms with Crippen molar-refractivity contribution >= 4 is 69.1 Å². The van der Waals surface area contributed by atoms with E-state index in [1.54, 1.807) is 12.0 Å². The Kier molecular flexibility index (Phi) is 28.5. The first kappa shape index (κ1) is 73.6. The van der Waals surface area contributed by atoms with Crippen molar-refractivity contribution in [2.75, 3.05) is 108 Å². The maximum Gasteiger partial charge on any atom is 0.322 e. The van der Waals surface area contributed by atoms with Crippen LogP contribution >= 0.6 is 0 Å². The molecular formula is C69H106N22O8. The van der Waals surface area contributed by atoms with Crippen LogP contribution in [0.5, 0.6) is 11.5 Å². The standard InChI is InChI=1S/C69H106N22O8/c1-97-54-16-20-60-56(40-54)64(78-50-26-38-89(39-27-50)63(93)23-19-59(71)67(96)98-2)82-68(80-60)76-42-52-44-91(86-84-52)35-9-31-73-29-7-33-75-49-14-12-47(13-15-49)46-99-55-17-21-61-57(41-55)65(79-51-24-36-88(37-25-51)62(92)22-18-58(70)66(94)95)83-69(81-61)77-43-53-45-90(87-85-53)34-8-30-72-28-6-32-74-48-10-4-3-5-11-48/h16-17,20-21,40-41,44-45,47-51,58-59,72-75H,3-15,18-19,22-39,42-43,46,70-71H2,1-2H3,(H,94,95)(H2,76,78,80,82)(H2,77,79,81,83)/t47?,49?,58-,59-/m0/s1. The second kappa shape index (κ2) is 38.4. The van der Waals surface area contributed by atoms with Gasteiger partial charge in [-0.1, -0.05) is 29.7 Å². The van der Waals surface area contributed by atoms with E-state index in [0.29, 0.717) is 106 Å². The number of aliphatic carboxylic acids is 1. The van der Waals surface area contributed by atoms with E-state index >= 15 is 0 Å². The molecule has 99 heavy (non-hydrogen) atoms. The van der Waals surface area contributed by atoms with Gasteiger partial charge in [-0.2, -0.15) is 9.97 Å². The number of fused-ring (bicyclic) bond motifs is 2. The van der Waals surface area contributed by atoms with Crippen LogP contribution in [0, 0.1) is 5.92 Å². The summed E-state index contributed by atoms with van der Waals surface area (Å²) in [6.07, 6.45) is 22.5.